The van der Waals surface area contributed by atoms with Crippen LogP contribution in [-0.2, 0) is 16.1 Å². The number of urea groups is 1. The number of hydrogen-bond acceptors (Lipinski definition) is 5. The Labute approximate surface area is 215 Å². The molecule has 4 N–H and O–H groups in total. The standard InChI is InChI=1S/C26H27N3O7S/c1-35-19-12-9-17(10-13-19)28-26(32)27-15-5-4-7-22(25(30)31)29(37(33)34)18-11-14-24-21(16-18)20-6-2-3-8-23(20)36-24/h2-3,6,8-14,16,22H,4-5,7,15H2,1H3,(H,30,31)(H,33,34)(H2,27,28,32). The van der Waals surface area contributed by atoms with Crippen molar-refractivity contribution in [2.75, 3.05) is 23.3 Å². The highest BCUT2D eigenvalue weighted by Gasteiger charge is 2.30. The molecular formula is C26H27N3O7S. The molecule has 0 aliphatic carbocycles. The van der Waals surface area contributed by atoms with Crippen molar-refractivity contribution in [1.82, 2.24) is 5.32 Å². The third-order valence-corrected chi connectivity index (χ3v) is 6.69. The van der Waals surface area contributed by atoms with E-state index in [1.54, 1.807) is 49.6 Å². The number of rotatable bonds is 11. The number of nitrogens with one attached hydrogen (secondary N) is 2. The first-order valence-electron chi connectivity index (χ1n) is 11.6. The first kappa shape index (κ1) is 26.0. The Hall–Kier alpha value is -4.09. The van der Waals surface area contributed by atoms with Crippen LogP contribution in [0.2, 0.25) is 0 Å². The zero-order valence-corrected chi connectivity index (χ0v) is 20.9. The number of amides is 2. The van der Waals surface area contributed by atoms with Crippen LogP contribution >= 0.6 is 0 Å². The molecule has 2 unspecified atom stereocenters. The summed E-state index contributed by atoms with van der Waals surface area (Å²) < 4.78 is 34.1. The largest absolute Gasteiger partial charge is 0.497 e. The van der Waals surface area contributed by atoms with E-state index in [1.165, 1.54) is 0 Å². The molecule has 0 aliphatic rings. The zero-order chi connectivity index (χ0) is 26.4. The van der Waals surface area contributed by atoms with Crippen LogP contribution in [0.25, 0.3) is 21.9 Å². The fraction of sp³-hybridized carbons (Fsp3) is 0.231. The van der Waals surface area contributed by atoms with Crippen molar-refractivity contribution in [2.24, 2.45) is 0 Å². The van der Waals surface area contributed by atoms with Gasteiger partial charge in [0.15, 0.2) is 0 Å². The predicted octanol–water partition coefficient (Wildman–Crippen LogP) is 4.98. The van der Waals surface area contributed by atoms with Gasteiger partial charge in [-0.3, -0.25) is 8.86 Å². The Morgan fingerprint density at radius 2 is 1.76 bits per heavy atom. The van der Waals surface area contributed by atoms with Crippen LogP contribution in [0.4, 0.5) is 16.2 Å². The monoisotopic (exact) mass is 525 g/mol. The third-order valence-electron chi connectivity index (χ3n) is 5.89. The maximum absolute atomic E-state index is 12.3. The molecule has 2 amide bonds. The molecule has 0 aliphatic heterocycles. The highest BCUT2D eigenvalue weighted by atomic mass is 32.2. The number of nitrogens with zero attached hydrogens (tertiary/aromatic N) is 1. The summed E-state index contributed by atoms with van der Waals surface area (Å²) in [6.45, 7) is 0.309. The van der Waals surface area contributed by atoms with Gasteiger partial charge in [0.2, 0.25) is 0 Å². The van der Waals surface area contributed by atoms with Crippen molar-refractivity contribution in [3.63, 3.8) is 0 Å². The Balaban J connectivity index is 1.37. The number of carbonyl (C=O) groups is 2. The fourth-order valence-corrected chi connectivity index (χ4v) is 4.79. The van der Waals surface area contributed by atoms with Crippen LogP contribution in [0, 0.1) is 0 Å². The number of carboxylic acid groups (broad SMARTS) is 1. The van der Waals surface area contributed by atoms with Gasteiger partial charge in [-0.15, -0.1) is 0 Å². The summed E-state index contributed by atoms with van der Waals surface area (Å²) in [5.41, 5.74) is 2.17. The lowest BCUT2D eigenvalue weighted by molar-refractivity contribution is -0.138. The first-order chi connectivity index (χ1) is 17.9. The minimum Gasteiger partial charge on any atom is -0.497 e. The summed E-state index contributed by atoms with van der Waals surface area (Å²) >= 11 is -2.58. The molecule has 0 saturated heterocycles. The van der Waals surface area contributed by atoms with Crippen molar-refractivity contribution in [1.29, 1.82) is 0 Å². The van der Waals surface area contributed by atoms with Crippen LogP contribution in [-0.4, -0.2) is 45.6 Å². The number of benzene rings is 3. The normalized spacial score (nSPS) is 12.7. The first-order valence-corrected chi connectivity index (χ1v) is 12.7. The Morgan fingerprint density at radius 3 is 2.46 bits per heavy atom. The number of furan rings is 1. The number of carbonyl (C=O) groups excluding carboxylic acids is 1. The molecule has 1 aromatic heterocycles. The van der Waals surface area contributed by atoms with E-state index in [2.05, 4.69) is 10.6 Å². The van der Waals surface area contributed by atoms with E-state index < -0.39 is 29.3 Å². The molecule has 194 valence electrons. The number of fused-ring (bicyclic) bond motifs is 3. The number of methoxy groups -OCH3 is 1. The van der Waals surface area contributed by atoms with Crippen LogP contribution in [0.5, 0.6) is 5.75 Å². The molecule has 2 atom stereocenters. The Morgan fingerprint density at radius 1 is 1.03 bits per heavy atom. The Bertz CT molecular complexity index is 1420. The van der Waals surface area contributed by atoms with Gasteiger partial charge in [-0.2, -0.15) is 0 Å². The number of aliphatic carboxylic acids is 1. The topological polar surface area (TPSA) is 141 Å². The minimum absolute atomic E-state index is 0.105. The van der Waals surface area contributed by atoms with Crippen molar-refractivity contribution in [2.45, 2.75) is 25.3 Å². The van der Waals surface area contributed by atoms with Crippen molar-refractivity contribution in [3.8, 4) is 5.75 Å². The van der Waals surface area contributed by atoms with Crippen molar-refractivity contribution in [3.05, 3.63) is 66.7 Å². The summed E-state index contributed by atoms with van der Waals surface area (Å²) in [6.07, 6.45) is 0.995. The quantitative estimate of drug-likeness (QED) is 0.160. The molecule has 1 heterocycles. The number of para-hydroxylation sites is 1. The summed E-state index contributed by atoms with van der Waals surface area (Å²) in [5, 5.41) is 16.8. The van der Waals surface area contributed by atoms with Gasteiger partial charge in [0, 0.05) is 23.0 Å². The van der Waals surface area contributed by atoms with E-state index in [0.29, 0.717) is 47.7 Å². The van der Waals surface area contributed by atoms with E-state index in [-0.39, 0.29) is 6.42 Å². The molecule has 0 spiro atoms. The van der Waals surface area contributed by atoms with Gasteiger partial charge in [-0.05, 0) is 67.8 Å². The molecule has 10 nitrogen and oxygen atoms in total. The summed E-state index contributed by atoms with van der Waals surface area (Å²) in [7, 11) is 1.56. The molecule has 37 heavy (non-hydrogen) atoms. The van der Waals surface area contributed by atoms with E-state index in [4.69, 9.17) is 9.15 Å². The molecule has 11 heteroatoms. The average Bonchev–Trinajstić information content (AvgIpc) is 3.26. The van der Waals surface area contributed by atoms with E-state index in [0.717, 1.165) is 15.1 Å². The number of unbranched alkanes of at least 4 members (excludes halogenated alkanes) is 1. The predicted molar refractivity (Wildman–Crippen MR) is 142 cm³/mol. The smallest absolute Gasteiger partial charge is 0.327 e. The molecule has 4 rings (SSSR count). The second-order valence-electron chi connectivity index (χ2n) is 8.29. The average molecular weight is 526 g/mol. The molecule has 0 saturated carbocycles. The van der Waals surface area contributed by atoms with Crippen molar-refractivity contribution < 1.29 is 32.6 Å². The highest BCUT2D eigenvalue weighted by molar-refractivity contribution is 7.80. The van der Waals surface area contributed by atoms with Crippen LogP contribution < -0.4 is 19.7 Å². The maximum Gasteiger partial charge on any atom is 0.327 e. The van der Waals surface area contributed by atoms with Crippen LogP contribution in [0.1, 0.15) is 19.3 Å². The summed E-state index contributed by atoms with van der Waals surface area (Å²) in [5.74, 6) is -0.542. The summed E-state index contributed by atoms with van der Waals surface area (Å²) in [6, 6.07) is 17.5. The molecule has 0 radical (unpaired) electrons. The zero-order valence-electron chi connectivity index (χ0n) is 20.0. The van der Waals surface area contributed by atoms with Crippen LogP contribution in [0.15, 0.2) is 71.1 Å². The molecule has 4 aromatic rings. The van der Waals surface area contributed by atoms with Crippen LogP contribution in [0.3, 0.4) is 0 Å². The van der Waals surface area contributed by atoms with E-state index in [1.807, 2.05) is 24.3 Å². The number of ether oxygens (including phenoxy) is 1. The van der Waals surface area contributed by atoms with Gasteiger partial charge in [0.05, 0.1) is 12.8 Å². The lowest BCUT2D eigenvalue weighted by atomic mass is 10.1. The molecule has 0 bridgehead atoms. The van der Waals surface area contributed by atoms with Gasteiger partial charge in [0.1, 0.15) is 23.0 Å². The fourth-order valence-electron chi connectivity index (χ4n) is 4.09. The van der Waals surface area contributed by atoms with Gasteiger partial charge in [-0.25, -0.2) is 13.8 Å². The van der Waals surface area contributed by atoms with Gasteiger partial charge < -0.3 is 24.9 Å². The number of carboxylic acids is 1. The van der Waals surface area contributed by atoms with Gasteiger partial charge in [-0.1, -0.05) is 18.2 Å². The SMILES string of the molecule is COc1ccc(NC(=O)NCCCCC(C(=O)O)N(c2ccc3oc4ccccc4c3c2)S(=O)O)cc1. The highest BCUT2D eigenvalue weighted by Crippen LogP contribution is 2.33. The van der Waals surface area contributed by atoms with Crippen molar-refractivity contribution >= 4 is 56.6 Å². The minimum atomic E-state index is -2.58. The molecule has 0 fully saturated rings. The lowest BCUT2D eigenvalue weighted by Crippen LogP contribution is -2.42. The Kier molecular flexibility index (Phi) is 8.26. The second-order valence-corrected chi connectivity index (χ2v) is 9.15. The number of anilines is 2. The summed E-state index contributed by atoms with van der Waals surface area (Å²) in [4.78, 5) is 24.2. The van der Waals surface area contributed by atoms with Gasteiger partial charge in [0.25, 0.3) is 11.3 Å². The molecule has 3 aromatic carbocycles. The maximum atomic E-state index is 12.3. The van der Waals surface area contributed by atoms with E-state index >= 15 is 0 Å². The van der Waals surface area contributed by atoms with E-state index in [9.17, 15) is 23.5 Å². The second kappa shape index (κ2) is 11.8. The molecular weight excluding hydrogens is 498 g/mol. The third kappa shape index (κ3) is 6.19. The lowest BCUT2D eigenvalue weighted by Gasteiger charge is -2.27. The van der Waals surface area contributed by atoms with Gasteiger partial charge >= 0.3 is 12.0 Å². The number of hydrogen-bond donors (Lipinski definition) is 4.